The highest BCUT2D eigenvalue weighted by molar-refractivity contribution is 7.18. The van der Waals surface area contributed by atoms with Crippen LogP contribution in [0.5, 0.6) is 0 Å². The van der Waals surface area contributed by atoms with E-state index in [-0.39, 0.29) is 12.5 Å². The van der Waals surface area contributed by atoms with Crippen molar-refractivity contribution in [1.82, 2.24) is 9.88 Å². The number of likely N-dealkylation sites (N-methyl/N-ethyl adjacent to an activating group) is 1. The quantitative estimate of drug-likeness (QED) is 0.781. The van der Waals surface area contributed by atoms with Gasteiger partial charge >= 0.3 is 0 Å². The molecule has 0 N–H and O–H groups in total. The van der Waals surface area contributed by atoms with E-state index in [1.807, 2.05) is 36.1 Å². The van der Waals surface area contributed by atoms with Gasteiger partial charge in [0.2, 0.25) is 5.91 Å². The fourth-order valence-electron chi connectivity index (χ4n) is 2.74. The van der Waals surface area contributed by atoms with Crippen molar-refractivity contribution < 1.29 is 14.3 Å². The summed E-state index contributed by atoms with van der Waals surface area (Å²) in [5.74, 6) is 0.503. The minimum absolute atomic E-state index is 0.0421. The largest absolute Gasteiger partial charge is 0.381 e. The van der Waals surface area contributed by atoms with Crippen molar-refractivity contribution in [1.29, 1.82) is 0 Å². The molecule has 0 unspecified atom stereocenters. The number of carbonyl (C=O) groups is 1. The first-order chi connectivity index (χ1) is 11.3. The zero-order valence-corrected chi connectivity index (χ0v) is 14.2. The summed E-state index contributed by atoms with van der Waals surface area (Å²) < 4.78 is 12.1. The summed E-state index contributed by atoms with van der Waals surface area (Å²) in [5, 5.41) is 0.909. The van der Waals surface area contributed by atoms with Crippen molar-refractivity contribution in [2.45, 2.75) is 20.0 Å². The SMILES string of the molecule is CCN(C[C@@H]1CCOC1)C(=O)COCc1nc2ccccc2s1. The number of carbonyl (C=O) groups excluding carboxylic acids is 1. The number of hydrogen-bond acceptors (Lipinski definition) is 5. The van der Waals surface area contributed by atoms with Gasteiger partial charge in [0.1, 0.15) is 11.6 Å². The summed E-state index contributed by atoms with van der Waals surface area (Å²) in [4.78, 5) is 18.6. The molecule has 1 aliphatic rings. The Balaban J connectivity index is 1.47. The molecule has 0 aliphatic carbocycles. The van der Waals surface area contributed by atoms with Crippen molar-refractivity contribution >= 4 is 27.5 Å². The van der Waals surface area contributed by atoms with Gasteiger partial charge in [0.25, 0.3) is 0 Å². The van der Waals surface area contributed by atoms with Gasteiger partial charge in [-0.05, 0) is 25.5 Å². The normalized spacial score (nSPS) is 17.7. The topological polar surface area (TPSA) is 51.7 Å². The van der Waals surface area contributed by atoms with Crippen LogP contribution in [0.2, 0.25) is 0 Å². The molecular weight excluding hydrogens is 312 g/mol. The Hall–Kier alpha value is -1.50. The van der Waals surface area contributed by atoms with E-state index in [1.165, 1.54) is 0 Å². The standard InChI is InChI=1S/C17H22N2O3S/c1-2-19(9-13-7-8-21-10-13)17(20)12-22-11-16-18-14-5-3-4-6-15(14)23-16/h3-6,13H,2,7-12H2,1H3/t13-/m0/s1. The maximum atomic E-state index is 12.3. The first-order valence-electron chi connectivity index (χ1n) is 8.04. The Morgan fingerprint density at radius 3 is 3.09 bits per heavy atom. The van der Waals surface area contributed by atoms with Crippen LogP contribution in [-0.2, 0) is 20.9 Å². The van der Waals surface area contributed by atoms with Crippen LogP contribution < -0.4 is 0 Å². The van der Waals surface area contributed by atoms with Crippen LogP contribution in [0.4, 0.5) is 0 Å². The first-order valence-corrected chi connectivity index (χ1v) is 8.85. The summed E-state index contributed by atoms with van der Waals surface area (Å²) in [6, 6.07) is 8.01. The third-order valence-electron chi connectivity index (χ3n) is 4.03. The Kier molecular flexibility index (Phi) is 5.59. The monoisotopic (exact) mass is 334 g/mol. The van der Waals surface area contributed by atoms with Crippen molar-refractivity contribution in [3.8, 4) is 0 Å². The van der Waals surface area contributed by atoms with E-state index in [0.29, 0.717) is 19.1 Å². The third kappa shape index (κ3) is 4.28. The number of benzene rings is 1. The van der Waals surface area contributed by atoms with E-state index >= 15 is 0 Å². The molecular formula is C17H22N2O3S. The second-order valence-electron chi connectivity index (χ2n) is 5.73. The second kappa shape index (κ2) is 7.86. The van der Waals surface area contributed by atoms with Gasteiger partial charge in [-0.2, -0.15) is 0 Å². The van der Waals surface area contributed by atoms with Gasteiger partial charge in [-0.25, -0.2) is 4.98 Å². The molecule has 0 spiro atoms. The average Bonchev–Trinajstić information content (AvgIpc) is 3.21. The summed E-state index contributed by atoms with van der Waals surface area (Å²) in [6.45, 7) is 5.54. The summed E-state index contributed by atoms with van der Waals surface area (Å²) in [7, 11) is 0. The highest BCUT2D eigenvalue weighted by Gasteiger charge is 2.21. The predicted octanol–water partition coefficient (Wildman–Crippen LogP) is 2.70. The molecule has 3 rings (SSSR count). The van der Waals surface area contributed by atoms with Crippen LogP contribution >= 0.6 is 11.3 Å². The second-order valence-corrected chi connectivity index (χ2v) is 6.85. The lowest BCUT2D eigenvalue weighted by atomic mass is 10.1. The maximum Gasteiger partial charge on any atom is 0.248 e. The van der Waals surface area contributed by atoms with E-state index in [1.54, 1.807) is 11.3 Å². The van der Waals surface area contributed by atoms with E-state index in [4.69, 9.17) is 9.47 Å². The fourth-order valence-corrected chi connectivity index (χ4v) is 3.65. The van der Waals surface area contributed by atoms with Gasteiger partial charge in [-0.1, -0.05) is 12.1 Å². The Morgan fingerprint density at radius 2 is 2.35 bits per heavy atom. The summed E-state index contributed by atoms with van der Waals surface area (Å²) in [6.07, 6.45) is 1.04. The molecule has 1 fully saturated rings. The van der Waals surface area contributed by atoms with Crippen LogP contribution in [0.3, 0.4) is 0 Å². The van der Waals surface area contributed by atoms with Crippen molar-refractivity contribution in [3.63, 3.8) is 0 Å². The Bertz CT molecular complexity index is 619. The van der Waals surface area contributed by atoms with Gasteiger partial charge in [-0.15, -0.1) is 11.3 Å². The van der Waals surface area contributed by atoms with Gasteiger partial charge in [0.05, 0.1) is 23.4 Å². The van der Waals surface area contributed by atoms with Crippen LogP contribution in [0.1, 0.15) is 18.4 Å². The Morgan fingerprint density at radius 1 is 1.48 bits per heavy atom. The highest BCUT2D eigenvalue weighted by atomic mass is 32.1. The lowest BCUT2D eigenvalue weighted by Gasteiger charge is -2.23. The molecule has 5 nitrogen and oxygen atoms in total. The third-order valence-corrected chi connectivity index (χ3v) is 5.04. The van der Waals surface area contributed by atoms with Gasteiger partial charge in [-0.3, -0.25) is 4.79 Å². The average molecular weight is 334 g/mol. The molecule has 1 aromatic carbocycles. The molecule has 0 bridgehead atoms. The zero-order valence-electron chi connectivity index (χ0n) is 13.4. The van der Waals surface area contributed by atoms with E-state index in [2.05, 4.69) is 4.98 Å². The number of nitrogens with zero attached hydrogens (tertiary/aromatic N) is 2. The fraction of sp³-hybridized carbons (Fsp3) is 0.529. The molecule has 1 aromatic heterocycles. The maximum absolute atomic E-state index is 12.3. The molecule has 1 atom stereocenters. The molecule has 23 heavy (non-hydrogen) atoms. The lowest BCUT2D eigenvalue weighted by Crippen LogP contribution is -2.37. The molecule has 124 valence electrons. The molecule has 2 heterocycles. The zero-order chi connectivity index (χ0) is 16.1. The van der Waals surface area contributed by atoms with Gasteiger partial charge < -0.3 is 14.4 Å². The number of rotatable bonds is 7. The van der Waals surface area contributed by atoms with Crippen molar-refractivity contribution in [2.24, 2.45) is 5.92 Å². The summed E-state index contributed by atoms with van der Waals surface area (Å²) in [5.41, 5.74) is 0.985. The number of hydrogen-bond donors (Lipinski definition) is 0. The number of fused-ring (bicyclic) bond motifs is 1. The molecule has 0 saturated carbocycles. The van der Waals surface area contributed by atoms with Gasteiger partial charge in [0.15, 0.2) is 0 Å². The first kappa shape index (κ1) is 16.4. The number of aromatic nitrogens is 1. The van der Waals surface area contributed by atoms with E-state index in [9.17, 15) is 4.79 Å². The Labute approximate surface area is 140 Å². The molecule has 1 saturated heterocycles. The van der Waals surface area contributed by atoms with Crippen LogP contribution in [-0.4, -0.2) is 48.7 Å². The number of amides is 1. The summed E-state index contributed by atoms with van der Waals surface area (Å²) >= 11 is 1.61. The minimum atomic E-state index is 0.0421. The van der Waals surface area contributed by atoms with Gasteiger partial charge in [0, 0.05) is 25.6 Å². The highest BCUT2D eigenvalue weighted by Crippen LogP contribution is 2.22. The van der Waals surface area contributed by atoms with E-state index < -0.39 is 0 Å². The number of ether oxygens (including phenoxy) is 2. The molecule has 0 radical (unpaired) electrons. The molecule has 2 aromatic rings. The molecule has 1 amide bonds. The van der Waals surface area contributed by atoms with Crippen LogP contribution in [0.25, 0.3) is 10.2 Å². The molecule has 6 heteroatoms. The lowest BCUT2D eigenvalue weighted by molar-refractivity contribution is -0.137. The van der Waals surface area contributed by atoms with Crippen molar-refractivity contribution in [2.75, 3.05) is 32.9 Å². The van der Waals surface area contributed by atoms with E-state index in [0.717, 1.165) is 41.4 Å². The van der Waals surface area contributed by atoms with Crippen LogP contribution in [0, 0.1) is 5.92 Å². The minimum Gasteiger partial charge on any atom is -0.381 e. The number of para-hydroxylation sites is 1. The van der Waals surface area contributed by atoms with Crippen molar-refractivity contribution in [3.05, 3.63) is 29.3 Å². The van der Waals surface area contributed by atoms with Crippen LogP contribution in [0.15, 0.2) is 24.3 Å². The predicted molar refractivity (Wildman–Crippen MR) is 90.5 cm³/mol. The molecule has 1 aliphatic heterocycles. The smallest absolute Gasteiger partial charge is 0.248 e. The number of thiazole rings is 1.